The summed E-state index contributed by atoms with van der Waals surface area (Å²) in [6.45, 7) is 0.437. The topological polar surface area (TPSA) is 152 Å². The summed E-state index contributed by atoms with van der Waals surface area (Å²) in [5.41, 5.74) is 26.6. The monoisotopic (exact) mass is 469 g/mol. The Morgan fingerprint density at radius 1 is 1.27 bits per heavy atom. The van der Waals surface area contributed by atoms with Gasteiger partial charge in [0, 0.05) is 23.5 Å². The first kappa shape index (κ1) is 20.6. The molecule has 2 aromatic carbocycles. The van der Waals surface area contributed by atoms with Crippen LogP contribution in [0.1, 0.15) is 47.9 Å². The Bertz CT molecular complexity index is 1310. The van der Waals surface area contributed by atoms with Gasteiger partial charge in [-0.1, -0.05) is 11.3 Å². The molecular weight excluding hydrogens is 445 g/mol. The van der Waals surface area contributed by atoms with E-state index in [1.54, 1.807) is 6.07 Å². The molecule has 0 spiro atoms. The van der Waals surface area contributed by atoms with Gasteiger partial charge in [0.25, 0.3) is 5.91 Å². The van der Waals surface area contributed by atoms with Crippen LogP contribution in [-0.4, -0.2) is 23.6 Å². The van der Waals surface area contributed by atoms with Gasteiger partial charge in [0.1, 0.15) is 17.0 Å². The van der Waals surface area contributed by atoms with Crippen LogP contribution in [-0.2, 0) is 10.3 Å². The molecular formula is C23H24FN5O3S. The molecule has 8 nitrogen and oxygen atoms in total. The van der Waals surface area contributed by atoms with Crippen LogP contribution in [0, 0.1) is 11.7 Å². The number of carbonyl (C=O) groups excluding carboxylic acids is 1. The van der Waals surface area contributed by atoms with Crippen molar-refractivity contribution in [1.29, 1.82) is 0 Å². The predicted octanol–water partition coefficient (Wildman–Crippen LogP) is 2.39. The van der Waals surface area contributed by atoms with E-state index in [-0.39, 0.29) is 17.4 Å². The molecule has 172 valence electrons. The number of aromatic nitrogens is 1. The minimum Gasteiger partial charge on any atom is -0.493 e. The Hall–Kier alpha value is -2.95. The molecule has 10 heteroatoms. The lowest BCUT2D eigenvalue weighted by Gasteiger charge is -2.37. The summed E-state index contributed by atoms with van der Waals surface area (Å²) in [5, 5.41) is 0.293. The van der Waals surface area contributed by atoms with Crippen LogP contribution in [0.25, 0.3) is 10.2 Å². The fraction of sp³-hybridized carbons (Fsp3) is 0.391. The lowest BCUT2D eigenvalue weighted by molar-refractivity contribution is -0.125. The van der Waals surface area contributed by atoms with Gasteiger partial charge in [0.15, 0.2) is 17.1 Å². The number of benzene rings is 2. The first-order valence-corrected chi connectivity index (χ1v) is 11.8. The lowest BCUT2D eigenvalue weighted by Crippen LogP contribution is -2.48. The van der Waals surface area contributed by atoms with Crippen molar-refractivity contribution in [2.75, 3.05) is 12.3 Å². The van der Waals surface area contributed by atoms with Gasteiger partial charge in [0.05, 0.1) is 22.9 Å². The SMILES string of the molecule is NC(=O)[C@H](Oc1cc2c3c(c1)C(N)[C@@](N)(c1cc(F)c4nc(N)sc4c1)C3CCO2)C1CC1. The Kier molecular flexibility index (Phi) is 4.39. The number of carbonyl (C=O) groups is 1. The van der Waals surface area contributed by atoms with Crippen LogP contribution >= 0.6 is 11.3 Å². The van der Waals surface area contributed by atoms with Crippen molar-refractivity contribution in [2.24, 2.45) is 23.1 Å². The van der Waals surface area contributed by atoms with E-state index in [2.05, 4.69) is 4.98 Å². The number of nitrogen functional groups attached to an aromatic ring is 1. The van der Waals surface area contributed by atoms with Crippen molar-refractivity contribution >= 4 is 32.6 Å². The number of nitrogens with two attached hydrogens (primary N) is 4. The molecule has 2 unspecified atom stereocenters. The van der Waals surface area contributed by atoms with E-state index in [4.69, 9.17) is 32.4 Å². The number of primary amides is 1. The van der Waals surface area contributed by atoms with Crippen LogP contribution in [0.15, 0.2) is 24.3 Å². The van der Waals surface area contributed by atoms with E-state index >= 15 is 0 Å². The van der Waals surface area contributed by atoms with Crippen LogP contribution in [0.4, 0.5) is 9.52 Å². The summed E-state index contributed by atoms with van der Waals surface area (Å²) in [6.07, 6.45) is 1.76. The van der Waals surface area contributed by atoms with Gasteiger partial charge < -0.3 is 32.4 Å². The van der Waals surface area contributed by atoms with E-state index in [9.17, 15) is 9.18 Å². The molecule has 1 fully saturated rings. The first-order valence-electron chi connectivity index (χ1n) is 10.9. The molecule has 6 rings (SSSR count). The Morgan fingerprint density at radius 3 is 2.79 bits per heavy atom. The zero-order chi connectivity index (χ0) is 23.1. The fourth-order valence-corrected chi connectivity index (χ4v) is 6.18. The fourth-order valence-electron chi connectivity index (χ4n) is 5.39. The van der Waals surface area contributed by atoms with Crippen molar-refractivity contribution in [3.8, 4) is 11.5 Å². The van der Waals surface area contributed by atoms with Gasteiger partial charge in [0.2, 0.25) is 0 Å². The molecule has 1 saturated carbocycles. The Morgan fingerprint density at radius 2 is 2.06 bits per heavy atom. The number of hydrogen-bond donors (Lipinski definition) is 4. The van der Waals surface area contributed by atoms with Crippen molar-refractivity contribution in [1.82, 2.24) is 4.98 Å². The van der Waals surface area contributed by atoms with Gasteiger partial charge in [-0.2, -0.15) is 0 Å². The molecule has 0 bridgehead atoms. The van der Waals surface area contributed by atoms with E-state index in [0.717, 1.165) is 24.0 Å². The Labute approximate surface area is 193 Å². The average Bonchev–Trinajstić information content (AvgIpc) is 3.51. The molecule has 0 radical (unpaired) electrons. The molecule has 2 aliphatic carbocycles. The second kappa shape index (κ2) is 7.02. The highest BCUT2D eigenvalue weighted by Crippen LogP contribution is 2.58. The minimum atomic E-state index is -1.06. The maximum absolute atomic E-state index is 14.9. The van der Waals surface area contributed by atoms with Crippen LogP contribution in [0.3, 0.4) is 0 Å². The molecule has 3 aromatic rings. The van der Waals surface area contributed by atoms with Gasteiger partial charge in [-0.3, -0.25) is 4.79 Å². The number of thiazole rings is 1. The second-order valence-electron chi connectivity index (χ2n) is 9.16. The van der Waals surface area contributed by atoms with E-state index in [1.165, 1.54) is 17.4 Å². The lowest BCUT2D eigenvalue weighted by atomic mass is 9.75. The number of hydrogen-bond acceptors (Lipinski definition) is 8. The maximum atomic E-state index is 14.9. The summed E-state index contributed by atoms with van der Waals surface area (Å²) in [4.78, 5) is 16.0. The zero-order valence-electron chi connectivity index (χ0n) is 17.7. The number of ether oxygens (including phenoxy) is 2. The maximum Gasteiger partial charge on any atom is 0.258 e. The van der Waals surface area contributed by atoms with E-state index in [0.29, 0.717) is 39.9 Å². The summed E-state index contributed by atoms with van der Waals surface area (Å²) in [5.74, 6) is 0.0900. The van der Waals surface area contributed by atoms with Gasteiger partial charge in [-0.05, 0) is 48.6 Å². The molecule has 0 saturated heterocycles. The van der Waals surface area contributed by atoms with Crippen LogP contribution in [0.2, 0.25) is 0 Å². The molecule has 2 heterocycles. The Balaban J connectivity index is 1.45. The molecule has 3 aliphatic rings. The van der Waals surface area contributed by atoms with Crippen molar-refractivity contribution in [3.05, 3.63) is 46.8 Å². The van der Waals surface area contributed by atoms with Gasteiger partial charge >= 0.3 is 0 Å². The molecule has 33 heavy (non-hydrogen) atoms. The van der Waals surface area contributed by atoms with E-state index in [1.807, 2.05) is 12.1 Å². The highest BCUT2D eigenvalue weighted by molar-refractivity contribution is 7.22. The van der Waals surface area contributed by atoms with Crippen molar-refractivity contribution in [3.63, 3.8) is 0 Å². The number of halogens is 1. The highest BCUT2D eigenvalue weighted by atomic mass is 32.1. The highest BCUT2D eigenvalue weighted by Gasteiger charge is 2.53. The first-order chi connectivity index (χ1) is 15.8. The van der Waals surface area contributed by atoms with Crippen LogP contribution in [0.5, 0.6) is 11.5 Å². The minimum absolute atomic E-state index is 0.129. The molecule has 1 aromatic heterocycles. The molecule has 4 atom stereocenters. The average molecular weight is 470 g/mol. The predicted molar refractivity (Wildman–Crippen MR) is 122 cm³/mol. The number of rotatable bonds is 5. The standard InChI is InChI=1S/C23H24FN5O3S/c24-14-5-10(6-16-18(14)29-22(27)33-16)23(28)13-3-4-31-15-8-11(7-12(17(13)15)20(23)25)32-19(21(26)30)9-1-2-9/h5-9,13,19-20H,1-4,25,28H2,(H2,26,30)(H2,27,29)/t13?,19-,20?,23-/m1/s1. The molecule has 1 aliphatic heterocycles. The van der Waals surface area contributed by atoms with Crippen molar-refractivity contribution < 1.29 is 18.7 Å². The quantitative estimate of drug-likeness (QED) is 0.447. The van der Waals surface area contributed by atoms with Gasteiger partial charge in [-0.15, -0.1) is 0 Å². The normalized spacial score (nSPS) is 26.6. The number of fused-ring (bicyclic) bond motifs is 1. The van der Waals surface area contributed by atoms with Crippen LogP contribution < -0.4 is 32.4 Å². The van der Waals surface area contributed by atoms with Gasteiger partial charge in [-0.25, -0.2) is 9.37 Å². The summed E-state index contributed by atoms with van der Waals surface area (Å²) >= 11 is 1.21. The summed E-state index contributed by atoms with van der Waals surface area (Å²) < 4.78 is 27.5. The largest absolute Gasteiger partial charge is 0.493 e. The summed E-state index contributed by atoms with van der Waals surface area (Å²) in [6, 6.07) is 6.20. The number of nitrogens with zero attached hydrogens (tertiary/aromatic N) is 1. The molecule has 1 amide bonds. The van der Waals surface area contributed by atoms with E-state index < -0.39 is 29.4 Å². The third kappa shape index (κ3) is 3.01. The number of anilines is 1. The number of amides is 1. The zero-order valence-corrected chi connectivity index (χ0v) is 18.5. The smallest absolute Gasteiger partial charge is 0.258 e. The second-order valence-corrected chi connectivity index (χ2v) is 10.2. The summed E-state index contributed by atoms with van der Waals surface area (Å²) in [7, 11) is 0. The van der Waals surface area contributed by atoms with Crippen molar-refractivity contribution in [2.45, 2.75) is 42.9 Å². The molecule has 8 N–H and O–H groups in total. The third-order valence-corrected chi connectivity index (χ3v) is 7.98. The third-order valence-electron chi connectivity index (χ3n) is 7.14.